The number of hydrogen-bond donors (Lipinski definition) is 1. The molecule has 1 aromatic heterocycles. The van der Waals surface area contributed by atoms with Crippen LogP contribution in [0.3, 0.4) is 0 Å². The summed E-state index contributed by atoms with van der Waals surface area (Å²) in [5.41, 5.74) is 0.801. The normalized spacial score (nSPS) is 10.4. The fourth-order valence-corrected chi connectivity index (χ4v) is 1.88. The van der Waals surface area contributed by atoms with E-state index in [1.165, 1.54) is 6.92 Å². The van der Waals surface area contributed by atoms with Gasteiger partial charge in [0, 0.05) is 17.6 Å². The molecule has 0 unspecified atom stereocenters. The van der Waals surface area contributed by atoms with Crippen molar-refractivity contribution in [3.63, 3.8) is 0 Å². The van der Waals surface area contributed by atoms with Crippen LogP contribution in [0.1, 0.15) is 6.92 Å². The third kappa shape index (κ3) is 2.01. The van der Waals surface area contributed by atoms with Gasteiger partial charge < -0.3 is 4.98 Å². The van der Waals surface area contributed by atoms with E-state index in [1.54, 1.807) is 6.20 Å². The van der Waals surface area contributed by atoms with Crippen molar-refractivity contribution in [3.8, 4) is 5.75 Å². The lowest BCUT2D eigenvalue weighted by Crippen LogP contribution is -2.02. The molecule has 0 aliphatic heterocycles. The van der Waals surface area contributed by atoms with E-state index in [-0.39, 0.29) is 0 Å². The van der Waals surface area contributed by atoms with Crippen molar-refractivity contribution in [2.75, 3.05) is 0 Å². The van der Waals surface area contributed by atoms with Crippen molar-refractivity contribution in [1.29, 1.82) is 0 Å². The number of rotatable bonds is 2. The Balaban J connectivity index is 2.46. The van der Waals surface area contributed by atoms with Gasteiger partial charge in [-0.25, -0.2) is 4.79 Å². The van der Waals surface area contributed by atoms with Crippen LogP contribution in [0.25, 0.3) is 10.9 Å². The average molecular weight is 305 g/mol. The number of aromatic nitrogens is 1. The molecule has 0 bridgehead atoms. The summed E-state index contributed by atoms with van der Waals surface area (Å²) < 4.78 is 0.744. The van der Waals surface area contributed by atoms with E-state index in [9.17, 15) is 4.79 Å². The van der Waals surface area contributed by atoms with E-state index in [0.29, 0.717) is 16.2 Å². The van der Waals surface area contributed by atoms with Crippen molar-refractivity contribution in [1.82, 2.24) is 4.98 Å². The Morgan fingerprint density at radius 2 is 2.25 bits per heavy atom. The molecule has 0 aliphatic rings. The van der Waals surface area contributed by atoms with Gasteiger partial charge in [0.1, 0.15) is 0 Å². The van der Waals surface area contributed by atoms with Crippen molar-refractivity contribution < 1.29 is 14.6 Å². The van der Waals surface area contributed by atoms with Gasteiger partial charge >= 0.3 is 5.97 Å². The predicted octanol–water partition coefficient (Wildman–Crippen LogP) is 3.44. The summed E-state index contributed by atoms with van der Waals surface area (Å²) in [5, 5.41) is 1.16. The molecule has 1 aromatic carbocycles. The monoisotopic (exact) mass is 303 g/mol. The molecule has 4 nitrogen and oxygen atoms in total. The van der Waals surface area contributed by atoms with E-state index >= 15 is 0 Å². The van der Waals surface area contributed by atoms with Gasteiger partial charge in [0.15, 0.2) is 0 Å². The number of nitrogens with one attached hydrogen (secondary N) is 1. The van der Waals surface area contributed by atoms with Gasteiger partial charge in [-0.05, 0) is 28.1 Å². The molecule has 0 aliphatic carbocycles. The van der Waals surface area contributed by atoms with Crippen LogP contribution in [0.15, 0.2) is 22.8 Å². The minimum absolute atomic E-state index is 0.372. The largest absolute Gasteiger partial charge is 0.358 e. The molecular formula is C10H7BrClNO3. The first kappa shape index (κ1) is 11.3. The zero-order valence-electron chi connectivity index (χ0n) is 8.21. The lowest BCUT2D eigenvalue weighted by molar-refractivity contribution is -0.210. The van der Waals surface area contributed by atoms with Crippen LogP contribution in [0.5, 0.6) is 5.75 Å². The van der Waals surface area contributed by atoms with E-state index in [2.05, 4.69) is 25.8 Å². The molecule has 0 spiro atoms. The van der Waals surface area contributed by atoms with Crippen LogP contribution >= 0.6 is 27.5 Å². The summed E-state index contributed by atoms with van der Waals surface area (Å²) in [4.78, 5) is 22.9. The predicted molar refractivity (Wildman–Crippen MR) is 63.4 cm³/mol. The third-order valence-electron chi connectivity index (χ3n) is 1.95. The van der Waals surface area contributed by atoms with Gasteiger partial charge in [0.25, 0.3) is 0 Å². The highest BCUT2D eigenvalue weighted by Gasteiger charge is 2.13. The van der Waals surface area contributed by atoms with E-state index in [0.717, 1.165) is 9.99 Å². The van der Waals surface area contributed by atoms with Gasteiger partial charge in [-0.15, -0.1) is 0 Å². The van der Waals surface area contributed by atoms with Gasteiger partial charge in [-0.1, -0.05) is 11.6 Å². The number of fused-ring (bicyclic) bond motifs is 1. The maximum atomic E-state index is 10.6. The number of halogens is 2. The highest BCUT2D eigenvalue weighted by atomic mass is 79.9. The summed E-state index contributed by atoms with van der Waals surface area (Å²) in [6, 6.07) is 3.66. The number of benzene rings is 1. The molecule has 2 aromatic rings. The van der Waals surface area contributed by atoms with Gasteiger partial charge in [-0.3, -0.25) is 9.78 Å². The van der Waals surface area contributed by atoms with Crippen molar-refractivity contribution in [3.05, 3.63) is 27.8 Å². The molecular weight excluding hydrogens is 297 g/mol. The molecule has 84 valence electrons. The first-order chi connectivity index (χ1) is 7.59. The molecule has 0 fully saturated rings. The molecule has 1 N–H and O–H groups in total. The quantitative estimate of drug-likeness (QED) is 0.683. The van der Waals surface area contributed by atoms with Crippen LogP contribution in [0.2, 0.25) is 5.02 Å². The van der Waals surface area contributed by atoms with Crippen LogP contribution in [0, 0.1) is 0 Å². The molecule has 0 radical (unpaired) electrons. The Labute approximate surface area is 105 Å². The summed E-state index contributed by atoms with van der Waals surface area (Å²) in [5.74, 6) is -0.156. The first-order valence-corrected chi connectivity index (χ1v) is 5.57. The Kier molecular flexibility index (Phi) is 3.07. The Morgan fingerprint density at radius 1 is 1.50 bits per heavy atom. The fraction of sp³-hybridized carbons (Fsp3) is 0.100. The highest BCUT2D eigenvalue weighted by molar-refractivity contribution is 9.10. The summed E-state index contributed by atoms with van der Waals surface area (Å²) >= 11 is 9.41. The average Bonchev–Trinajstić information content (AvgIpc) is 2.64. The number of aromatic amines is 1. The zero-order chi connectivity index (χ0) is 11.7. The van der Waals surface area contributed by atoms with Crippen LogP contribution in [0.4, 0.5) is 0 Å². The summed E-state index contributed by atoms with van der Waals surface area (Å²) in [7, 11) is 0. The first-order valence-electron chi connectivity index (χ1n) is 4.40. The fourth-order valence-electron chi connectivity index (χ4n) is 1.30. The smallest absolute Gasteiger partial charge is 0.352 e. The van der Waals surface area contributed by atoms with Crippen molar-refractivity contribution in [2.24, 2.45) is 0 Å². The Hall–Kier alpha value is -1.20. The maximum absolute atomic E-state index is 10.6. The lowest BCUT2D eigenvalue weighted by Gasteiger charge is -2.02. The summed E-state index contributed by atoms with van der Waals surface area (Å²) in [6.07, 6.45) is 1.58. The standard InChI is InChI=1S/C10H7BrClNO3/c1-5(14)15-16-8-4-13-7-3-2-6(11)10(12)9(7)8/h2-4,13H,1H3. The second-order valence-corrected chi connectivity index (χ2v) is 4.33. The van der Waals surface area contributed by atoms with Gasteiger partial charge in [0.05, 0.1) is 15.9 Å². The van der Waals surface area contributed by atoms with Crippen molar-refractivity contribution in [2.45, 2.75) is 6.92 Å². The molecule has 0 saturated carbocycles. The highest BCUT2D eigenvalue weighted by Crippen LogP contribution is 2.36. The molecule has 2 rings (SSSR count). The van der Waals surface area contributed by atoms with Crippen molar-refractivity contribution >= 4 is 44.4 Å². The second kappa shape index (κ2) is 4.35. The molecule has 0 amide bonds. The zero-order valence-corrected chi connectivity index (χ0v) is 10.6. The molecule has 0 saturated heterocycles. The number of carbonyl (C=O) groups is 1. The Morgan fingerprint density at radius 3 is 2.94 bits per heavy atom. The Bertz CT molecular complexity index is 552. The lowest BCUT2D eigenvalue weighted by atomic mass is 10.2. The SMILES string of the molecule is CC(=O)OOc1c[nH]c2ccc(Br)c(Cl)c12. The number of carbonyl (C=O) groups excluding carboxylic acids is 1. The molecule has 1 heterocycles. The van der Waals surface area contributed by atoms with Gasteiger partial charge in [-0.2, -0.15) is 0 Å². The maximum Gasteiger partial charge on any atom is 0.352 e. The third-order valence-corrected chi connectivity index (χ3v) is 3.23. The minimum Gasteiger partial charge on any atom is -0.358 e. The number of H-pyrrole nitrogens is 1. The summed E-state index contributed by atoms with van der Waals surface area (Å²) in [6.45, 7) is 1.26. The molecule has 6 heteroatoms. The van der Waals surface area contributed by atoms with E-state index in [4.69, 9.17) is 16.5 Å². The number of hydrogen-bond acceptors (Lipinski definition) is 3. The van der Waals surface area contributed by atoms with Gasteiger partial charge in [0.2, 0.25) is 5.75 Å². The van der Waals surface area contributed by atoms with E-state index in [1.807, 2.05) is 12.1 Å². The van der Waals surface area contributed by atoms with Crippen LogP contribution in [-0.2, 0) is 9.68 Å². The van der Waals surface area contributed by atoms with Crippen LogP contribution in [-0.4, -0.2) is 11.0 Å². The minimum atomic E-state index is -0.527. The van der Waals surface area contributed by atoms with Crippen LogP contribution < -0.4 is 4.89 Å². The van der Waals surface area contributed by atoms with E-state index < -0.39 is 5.97 Å². The molecule has 0 atom stereocenters. The molecule has 16 heavy (non-hydrogen) atoms. The second-order valence-electron chi connectivity index (χ2n) is 3.10. The topological polar surface area (TPSA) is 51.3 Å².